The topological polar surface area (TPSA) is 64.9 Å². The minimum absolute atomic E-state index is 0.150. The van der Waals surface area contributed by atoms with Gasteiger partial charge >= 0.3 is 0 Å². The molecule has 106 valence electrons. The van der Waals surface area contributed by atoms with Gasteiger partial charge in [0.1, 0.15) is 5.82 Å². The van der Waals surface area contributed by atoms with Crippen LogP contribution in [0.25, 0.3) is 0 Å². The van der Waals surface area contributed by atoms with Crippen molar-refractivity contribution in [2.24, 2.45) is 0 Å². The van der Waals surface area contributed by atoms with E-state index in [4.69, 9.17) is 5.26 Å². The Balaban J connectivity index is 1.76. The fourth-order valence-electron chi connectivity index (χ4n) is 1.76. The first-order valence-electron chi connectivity index (χ1n) is 6.42. The molecular formula is C16H14FN3O. The molecule has 0 heterocycles. The second-order valence-corrected chi connectivity index (χ2v) is 4.47. The van der Waals surface area contributed by atoms with Crippen LogP contribution in [0, 0.1) is 17.1 Å². The lowest BCUT2D eigenvalue weighted by Gasteiger charge is -2.07. The minimum Gasteiger partial charge on any atom is -0.325 e. The van der Waals surface area contributed by atoms with Crippen LogP contribution in [-0.2, 0) is 11.3 Å². The highest BCUT2D eigenvalue weighted by atomic mass is 19.1. The van der Waals surface area contributed by atoms with E-state index in [0.29, 0.717) is 17.8 Å². The van der Waals surface area contributed by atoms with Gasteiger partial charge in [0.2, 0.25) is 5.91 Å². The number of nitriles is 1. The highest BCUT2D eigenvalue weighted by Gasteiger charge is 2.02. The van der Waals surface area contributed by atoms with Gasteiger partial charge in [-0.15, -0.1) is 0 Å². The molecule has 0 aliphatic carbocycles. The summed E-state index contributed by atoms with van der Waals surface area (Å²) in [7, 11) is 0. The summed E-state index contributed by atoms with van der Waals surface area (Å²) in [6, 6.07) is 14.7. The quantitative estimate of drug-likeness (QED) is 0.885. The van der Waals surface area contributed by atoms with Gasteiger partial charge in [-0.25, -0.2) is 4.39 Å². The van der Waals surface area contributed by atoms with E-state index in [0.717, 1.165) is 5.56 Å². The van der Waals surface area contributed by atoms with Crippen LogP contribution < -0.4 is 10.6 Å². The number of nitrogens with one attached hydrogen (secondary N) is 2. The lowest BCUT2D eigenvalue weighted by atomic mass is 10.2. The zero-order chi connectivity index (χ0) is 15.1. The van der Waals surface area contributed by atoms with E-state index in [9.17, 15) is 9.18 Å². The van der Waals surface area contributed by atoms with Crippen molar-refractivity contribution < 1.29 is 9.18 Å². The summed E-state index contributed by atoms with van der Waals surface area (Å²) in [5, 5.41) is 14.4. The minimum atomic E-state index is -0.280. The Morgan fingerprint density at radius 1 is 1.10 bits per heavy atom. The van der Waals surface area contributed by atoms with E-state index in [1.807, 2.05) is 6.07 Å². The number of amides is 1. The zero-order valence-corrected chi connectivity index (χ0v) is 11.3. The molecule has 0 unspecified atom stereocenters. The molecule has 2 rings (SSSR count). The Hall–Kier alpha value is -2.71. The fraction of sp³-hybridized carbons (Fsp3) is 0.125. The summed E-state index contributed by atoms with van der Waals surface area (Å²) in [5.74, 6) is -0.459. The molecule has 0 saturated heterocycles. The number of carbonyl (C=O) groups is 1. The molecule has 0 aliphatic rings. The van der Waals surface area contributed by atoms with Gasteiger partial charge in [0.15, 0.2) is 0 Å². The van der Waals surface area contributed by atoms with Crippen LogP contribution in [0.15, 0.2) is 48.5 Å². The van der Waals surface area contributed by atoms with Crippen molar-refractivity contribution in [3.8, 4) is 6.07 Å². The molecule has 0 bridgehead atoms. The summed E-state index contributed by atoms with van der Waals surface area (Å²) < 4.78 is 12.7. The van der Waals surface area contributed by atoms with Gasteiger partial charge in [-0.2, -0.15) is 5.26 Å². The van der Waals surface area contributed by atoms with E-state index < -0.39 is 0 Å². The summed E-state index contributed by atoms with van der Waals surface area (Å²) in [6.07, 6.45) is 0. The van der Waals surface area contributed by atoms with Crippen molar-refractivity contribution in [3.05, 3.63) is 65.5 Å². The monoisotopic (exact) mass is 283 g/mol. The molecule has 0 aromatic heterocycles. The summed E-state index contributed by atoms with van der Waals surface area (Å²) in [6.45, 7) is 0.637. The van der Waals surface area contributed by atoms with Crippen LogP contribution in [0.5, 0.6) is 0 Å². The van der Waals surface area contributed by atoms with Crippen LogP contribution in [0.2, 0.25) is 0 Å². The number of nitrogens with zero attached hydrogens (tertiary/aromatic N) is 1. The molecule has 1 amide bonds. The molecular weight excluding hydrogens is 269 g/mol. The average Bonchev–Trinajstić information content (AvgIpc) is 2.50. The predicted molar refractivity (Wildman–Crippen MR) is 77.9 cm³/mol. The Morgan fingerprint density at radius 2 is 1.76 bits per heavy atom. The van der Waals surface area contributed by atoms with Crippen molar-refractivity contribution in [2.75, 3.05) is 11.9 Å². The van der Waals surface area contributed by atoms with Crippen LogP contribution >= 0.6 is 0 Å². The Labute approximate surface area is 122 Å². The molecule has 2 N–H and O–H groups in total. The van der Waals surface area contributed by atoms with E-state index in [2.05, 4.69) is 10.6 Å². The molecule has 0 spiro atoms. The molecule has 5 heteroatoms. The molecule has 0 aliphatic heterocycles. The zero-order valence-electron chi connectivity index (χ0n) is 11.3. The number of carbonyl (C=O) groups excluding carboxylic acids is 1. The first-order chi connectivity index (χ1) is 10.2. The van der Waals surface area contributed by atoms with E-state index >= 15 is 0 Å². The summed E-state index contributed by atoms with van der Waals surface area (Å²) >= 11 is 0. The Kier molecular flexibility index (Phi) is 5.02. The van der Waals surface area contributed by atoms with Gasteiger partial charge in [-0.1, -0.05) is 12.1 Å². The lowest BCUT2D eigenvalue weighted by Crippen LogP contribution is -2.27. The van der Waals surface area contributed by atoms with Gasteiger partial charge in [0.25, 0.3) is 0 Å². The Morgan fingerprint density at radius 3 is 2.38 bits per heavy atom. The maximum atomic E-state index is 12.7. The molecule has 2 aromatic carbocycles. The average molecular weight is 283 g/mol. The van der Waals surface area contributed by atoms with E-state index in [1.165, 1.54) is 12.1 Å². The largest absolute Gasteiger partial charge is 0.325 e. The van der Waals surface area contributed by atoms with Gasteiger partial charge in [-0.05, 0) is 42.0 Å². The van der Waals surface area contributed by atoms with Crippen molar-refractivity contribution in [2.45, 2.75) is 6.54 Å². The van der Waals surface area contributed by atoms with Crippen molar-refractivity contribution >= 4 is 11.6 Å². The molecule has 2 aromatic rings. The third-order valence-corrected chi connectivity index (χ3v) is 2.83. The van der Waals surface area contributed by atoms with Gasteiger partial charge in [0, 0.05) is 12.2 Å². The lowest BCUT2D eigenvalue weighted by molar-refractivity contribution is -0.115. The van der Waals surface area contributed by atoms with Gasteiger partial charge < -0.3 is 10.6 Å². The highest BCUT2D eigenvalue weighted by molar-refractivity contribution is 5.92. The number of benzene rings is 2. The van der Waals surface area contributed by atoms with Gasteiger partial charge in [-0.3, -0.25) is 4.79 Å². The SMILES string of the molecule is N#Cc1ccc(NC(=O)CNCc2ccc(F)cc2)cc1. The van der Waals surface area contributed by atoms with Crippen molar-refractivity contribution in [1.29, 1.82) is 5.26 Å². The van der Waals surface area contributed by atoms with Crippen LogP contribution in [-0.4, -0.2) is 12.5 Å². The second kappa shape index (κ2) is 7.17. The predicted octanol–water partition coefficient (Wildman–Crippen LogP) is 2.43. The molecule has 21 heavy (non-hydrogen) atoms. The van der Waals surface area contributed by atoms with Crippen LogP contribution in [0.4, 0.5) is 10.1 Å². The smallest absolute Gasteiger partial charge is 0.238 e. The second-order valence-electron chi connectivity index (χ2n) is 4.47. The third-order valence-electron chi connectivity index (χ3n) is 2.83. The molecule has 0 saturated carbocycles. The number of halogens is 1. The summed E-state index contributed by atoms with van der Waals surface area (Å²) in [4.78, 5) is 11.7. The summed E-state index contributed by atoms with van der Waals surface area (Å²) in [5.41, 5.74) is 2.09. The van der Waals surface area contributed by atoms with Crippen molar-refractivity contribution in [3.63, 3.8) is 0 Å². The van der Waals surface area contributed by atoms with E-state index in [1.54, 1.807) is 36.4 Å². The number of rotatable bonds is 5. The Bertz CT molecular complexity index is 645. The highest BCUT2D eigenvalue weighted by Crippen LogP contribution is 2.08. The molecule has 0 atom stereocenters. The third kappa shape index (κ3) is 4.71. The number of hydrogen-bond acceptors (Lipinski definition) is 3. The van der Waals surface area contributed by atoms with Crippen LogP contribution in [0.1, 0.15) is 11.1 Å². The van der Waals surface area contributed by atoms with Crippen molar-refractivity contribution in [1.82, 2.24) is 5.32 Å². The fourth-order valence-corrected chi connectivity index (χ4v) is 1.76. The maximum Gasteiger partial charge on any atom is 0.238 e. The van der Waals surface area contributed by atoms with E-state index in [-0.39, 0.29) is 18.3 Å². The normalized spacial score (nSPS) is 9.90. The van der Waals surface area contributed by atoms with Gasteiger partial charge in [0.05, 0.1) is 18.2 Å². The standard InChI is InChI=1S/C16H14FN3O/c17-14-5-1-13(2-6-14)10-19-11-16(21)20-15-7-3-12(9-18)4-8-15/h1-8,19H,10-11H2,(H,20,21). The molecule has 4 nitrogen and oxygen atoms in total. The number of hydrogen-bond donors (Lipinski definition) is 2. The first kappa shape index (κ1) is 14.7. The maximum absolute atomic E-state index is 12.7. The molecule has 0 fully saturated rings. The first-order valence-corrected chi connectivity index (χ1v) is 6.42. The number of anilines is 1. The van der Waals surface area contributed by atoms with Crippen LogP contribution in [0.3, 0.4) is 0 Å². The molecule has 0 radical (unpaired) electrons.